The Kier molecular flexibility index (Phi) is 4.84. The molecule has 2 N–H and O–H groups in total. The third-order valence-electron chi connectivity index (χ3n) is 4.54. The van der Waals surface area contributed by atoms with E-state index in [0.29, 0.717) is 28.6 Å². The zero-order valence-corrected chi connectivity index (χ0v) is 15.6. The minimum Gasteiger partial charge on any atom is -0.487 e. The van der Waals surface area contributed by atoms with Crippen LogP contribution in [0.4, 0.5) is 5.69 Å². The fourth-order valence-corrected chi connectivity index (χ4v) is 3.30. The first-order chi connectivity index (χ1) is 13.7. The predicted molar refractivity (Wildman–Crippen MR) is 112 cm³/mol. The smallest absolute Gasteiger partial charge is 0.139 e. The fourth-order valence-electron chi connectivity index (χ4n) is 3.12. The van der Waals surface area contributed by atoms with E-state index in [1.165, 1.54) is 0 Å². The van der Waals surface area contributed by atoms with Crippen LogP contribution in [0, 0.1) is 11.3 Å². The van der Waals surface area contributed by atoms with Crippen molar-refractivity contribution >= 4 is 28.2 Å². The third kappa shape index (κ3) is 3.36. The topological polar surface area (TPSA) is 71.9 Å². The third-order valence-corrected chi connectivity index (χ3v) is 4.87. The van der Waals surface area contributed by atoms with Crippen molar-refractivity contribution in [3.05, 3.63) is 89.1 Å². The Bertz CT molecular complexity index is 1200. The van der Waals surface area contributed by atoms with E-state index in [2.05, 4.69) is 11.1 Å². The molecule has 0 aliphatic rings. The summed E-state index contributed by atoms with van der Waals surface area (Å²) in [6.07, 6.45) is 1.71. The number of anilines is 1. The quantitative estimate of drug-likeness (QED) is 0.465. The monoisotopic (exact) mass is 385 g/mol. The number of aromatic nitrogens is 1. The molecule has 1 aromatic heterocycles. The molecule has 0 radical (unpaired) electrons. The van der Waals surface area contributed by atoms with E-state index in [1.807, 2.05) is 48.5 Å². The molecule has 0 amide bonds. The molecule has 0 saturated heterocycles. The molecule has 4 aromatic rings. The average Bonchev–Trinajstić information content (AvgIpc) is 2.74. The molecule has 0 spiro atoms. The van der Waals surface area contributed by atoms with E-state index < -0.39 is 0 Å². The Morgan fingerprint density at radius 2 is 1.82 bits per heavy atom. The maximum Gasteiger partial charge on any atom is 0.139 e. The second-order valence-electron chi connectivity index (χ2n) is 6.31. The van der Waals surface area contributed by atoms with Crippen LogP contribution in [-0.4, -0.2) is 4.98 Å². The van der Waals surface area contributed by atoms with Crippen LogP contribution in [0.25, 0.3) is 22.0 Å². The number of nitriles is 1. The van der Waals surface area contributed by atoms with Gasteiger partial charge in [0, 0.05) is 23.2 Å². The van der Waals surface area contributed by atoms with Gasteiger partial charge in [-0.05, 0) is 29.3 Å². The van der Waals surface area contributed by atoms with Crippen LogP contribution in [0.15, 0.2) is 72.9 Å². The van der Waals surface area contributed by atoms with Gasteiger partial charge in [0.15, 0.2) is 0 Å². The highest BCUT2D eigenvalue weighted by atomic mass is 35.5. The lowest BCUT2D eigenvalue weighted by molar-refractivity contribution is 0.305. The van der Waals surface area contributed by atoms with E-state index in [0.717, 1.165) is 27.6 Å². The van der Waals surface area contributed by atoms with Crippen molar-refractivity contribution in [3.63, 3.8) is 0 Å². The van der Waals surface area contributed by atoms with Crippen molar-refractivity contribution in [2.24, 2.45) is 0 Å². The second-order valence-corrected chi connectivity index (χ2v) is 6.72. The van der Waals surface area contributed by atoms with Crippen molar-refractivity contribution < 1.29 is 4.74 Å². The first-order valence-electron chi connectivity index (χ1n) is 8.71. The molecule has 0 fully saturated rings. The van der Waals surface area contributed by atoms with E-state index in [1.54, 1.807) is 24.4 Å². The average molecular weight is 386 g/mol. The summed E-state index contributed by atoms with van der Waals surface area (Å²) in [4.78, 5) is 4.45. The van der Waals surface area contributed by atoms with Gasteiger partial charge in [0.1, 0.15) is 18.4 Å². The molecule has 1 heterocycles. The molecule has 4 nitrogen and oxygen atoms in total. The van der Waals surface area contributed by atoms with Crippen LogP contribution in [0.5, 0.6) is 5.75 Å². The van der Waals surface area contributed by atoms with Crippen molar-refractivity contribution in [2.75, 3.05) is 5.73 Å². The molecule has 0 aliphatic carbocycles. The van der Waals surface area contributed by atoms with E-state index in [-0.39, 0.29) is 0 Å². The summed E-state index contributed by atoms with van der Waals surface area (Å²) in [5.41, 5.74) is 10.5. The molecule has 5 heteroatoms. The van der Waals surface area contributed by atoms with Gasteiger partial charge >= 0.3 is 0 Å². The zero-order valence-electron chi connectivity index (χ0n) is 14.9. The summed E-state index contributed by atoms with van der Waals surface area (Å²) < 4.78 is 5.90. The number of rotatable bonds is 4. The maximum atomic E-state index is 9.64. The SMILES string of the molecule is N#Cc1cc2c(-c3cccc(Cl)c3N)ccnc2cc1OCc1ccccc1. The summed E-state index contributed by atoms with van der Waals surface area (Å²) >= 11 is 6.19. The van der Waals surface area contributed by atoms with Crippen LogP contribution in [0.3, 0.4) is 0 Å². The summed E-state index contributed by atoms with van der Waals surface area (Å²) in [6.45, 7) is 0.377. The van der Waals surface area contributed by atoms with Gasteiger partial charge in [0.2, 0.25) is 0 Å². The number of hydrogen-bond donors (Lipinski definition) is 1. The highest BCUT2D eigenvalue weighted by Gasteiger charge is 2.13. The molecule has 4 rings (SSSR count). The summed E-state index contributed by atoms with van der Waals surface area (Å²) in [5.74, 6) is 0.502. The molecular weight excluding hydrogens is 370 g/mol. The largest absolute Gasteiger partial charge is 0.487 e. The molecule has 0 bridgehead atoms. The molecule has 3 aromatic carbocycles. The number of fused-ring (bicyclic) bond motifs is 1. The molecule has 28 heavy (non-hydrogen) atoms. The highest BCUT2D eigenvalue weighted by molar-refractivity contribution is 6.33. The van der Waals surface area contributed by atoms with Gasteiger partial charge in [-0.15, -0.1) is 0 Å². The Hall–Kier alpha value is -3.55. The van der Waals surface area contributed by atoms with E-state index >= 15 is 0 Å². The lowest BCUT2D eigenvalue weighted by atomic mass is 9.98. The zero-order chi connectivity index (χ0) is 19.5. The number of nitrogen functional groups attached to an aromatic ring is 1. The van der Waals surface area contributed by atoms with Gasteiger partial charge in [-0.2, -0.15) is 5.26 Å². The van der Waals surface area contributed by atoms with Gasteiger partial charge < -0.3 is 10.5 Å². The Morgan fingerprint density at radius 1 is 1.00 bits per heavy atom. The first-order valence-corrected chi connectivity index (χ1v) is 9.09. The van der Waals surface area contributed by atoms with E-state index in [9.17, 15) is 5.26 Å². The predicted octanol–water partition coefficient (Wildman–Crippen LogP) is 5.59. The number of nitrogens with two attached hydrogens (primary N) is 1. The van der Waals surface area contributed by atoms with Gasteiger partial charge in [0.05, 0.1) is 21.8 Å². The molecule has 0 unspecified atom stereocenters. The van der Waals surface area contributed by atoms with Crippen molar-refractivity contribution in [1.29, 1.82) is 5.26 Å². The van der Waals surface area contributed by atoms with Gasteiger partial charge in [0.25, 0.3) is 0 Å². The number of nitrogens with zero attached hydrogens (tertiary/aromatic N) is 2. The van der Waals surface area contributed by atoms with Gasteiger partial charge in [-0.1, -0.05) is 54.1 Å². The highest BCUT2D eigenvalue weighted by Crippen LogP contribution is 2.37. The van der Waals surface area contributed by atoms with Gasteiger partial charge in [-0.3, -0.25) is 4.98 Å². The van der Waals surface area contributed by atoms with E-state index in [4.69, 9.17) is 22.1 Å². The van der Waals surface area contributed by atoms with Crippen molar-refractivity contribution in [2.45, 2.75) is 6.61 Å². The van der Waals surface area contributed by atoms with Crippen LogP contribution in [0.2, 0.25) is 5.02 Å². The lowest BCUT2D eigenvalue weighted by Crippen LogP contribution is -1.98. The minimum atomic E-state index is 0.377. The van der Waals surface area contributed by atoms with Crippen LogP contribution < -0.4 is 10.5 Å². The molecule has 0 atom stereocenters. The van der Waals surface area contributed by atoms with Crippen molar-refractivity contribution in [1.82, 2.24) is 4.98 Å². The van der Waals surface area contributed by atoms with Crippen LogP contribution >= 0.6 is 11.6 Å². The van der Waals surface area contributed by atoms with Gasteiger partial charge in [-0.25, -0.2) is 0 Å². The number of para-hydroxylation sites is 1. The molecule has 0 saturated carbocycles. The number of hydrogen-bond acceptors (Lipinski definition) is 4. The van der Waals surface area contributed by atoms with Crippen LogP contribution in [0.1, 0.15) is 11.1 Å². The summed E-state index contributed by atoms with van der Waals surface area (Å²) in [6, 6.07) is 23.0. The molecule has 136 valence electrons. The number of ether oxygens (including phenoxy) is 1. The minimum absolute atomic E-state index is 0.377. The Morgan fingerprint density at radius 3 is 2.61 bits per heavy atom. The van der Waals surface area contributed by atoms with Crippen molar-refractivity contribution in [3.8, 4) is 22.9 Å². The number of pyridine rings is 1. The normalized spacial score (nSPS) is 10.6. The first kappa shape index (κ1) is 17.8. The molecular formula is C23H16ClN3O. The number of halogens is 1. The fraction of sp³-hybridized carbons (Fsp3) is 0.0435. The maximum absolute atomic E-state index is 9.64. The molecule has 0 aliphatic heterocycles. The lowest BCUT2D eigenvalue weighted by Gasteiger charge is -2.13. The summed E-state index contributed by atoms with van der Waals surface area (Å²) in [5, 5.41) is 11.0. The Balaban J connectivity index is 1.79. The standard InChI is InChI=1S/C23H16ClN3O/c24-20-8-4-7-18(23(20)26)17-9-10-27-21-12-22(16(13-25)11-19(17)21)28-14-15-5-2-1-3-6-15/h1-12H,14,26H2. The summed E-state index contributed by atoms with van der Waals surface area (Å²) in [7, 11) is 0. The second kappa shape index (κ2) is 7.59. The Labute approximate surface area is 167 Å². The number of benzene rings is 3. The van der Waals surface area contributed by atoms with Crippen LogP contribution in [-0.2, 0) is 6.61 Å².